The average molecular weight is 423 g/mol. The second kappa shape index (κ2) is 7.89. The molecular weight excluding hydrogens is 392 g/mol. The summed E-state index contributed by atoms with van der Waals surface area (Å²) in [5.41, 5.74) is 2.68. The van der Waals surface area contributed by atoms with Crippen LogP contribution in [-0.2, 0) is 15.6 Å². The molecule has 1 aliphatic heterocycles. The summed E-state index contributed by atoms with van der Waals surface area (Å²) in [7, 11) is 0. The molecule has 1 aliphatic rings. The van der Waals surface area contributed by atoms with E-state index < -0.39 is 11.8 Å². The van der Waals surface area contributed by atoms with Crippen LogP contribution in [0.3, 0.4) is 0 Å². The van der Waals surface area contributed by atoms with Crippen molar-refractivity contribution in [3.05, 3.63) is 58.0 Å². The molecule has 3 rings (SSSR count). The first kappa shape index (κ1) is 22.6. The zero-order chi connectivity index (χ0) is 23.1. The van der Waals surface area contributed by atoms with E-state index in [0.717, 1.165) is 16.1 Å². The van der Waals surface area contributed by atoms with E-state index in [1.54, 1.807) is 24.3 Å². The standard InChI is InChI=1S/C24H30N4O3/c1-23(2,3)16-11-17(24(4,5)6)20(12-19(16)27-31)28(25)22(30)15-13-26-18-10-8-7-9-14(18)21(15)29/h7-12,15,26H,13,25H2,1-6H3. The largest absolute Gasteiger partial charge is 0.383 e. The van der Waals surface area contributed by atoms with Crippen LogP contribution in [0.25, 0.3) is 0 Å². The number of carbonyl (C=O) groups excluding carboxylic acids is 2. The minimum absolute atomic E-state index is 0.159. The predicted octanol–water partition coefficient (Wildman–Crippen LogP) is 4.81. The number of anilines is 2. The Morgan fingerprint density at radius 3 is 2.26 bits per heavy atom. The maximum absolute atomic E-state index is 13.3. The van der Waals surface area contributed by atoms with Gasteiger partial charge in [-0.3, -0.25) is 9.59 Å². The number of nitrogens with one attached hydrogen (secondary N) is 1. The third kappa shape index (κ3) is 4.23. The van der Waals surface area contributed by atoms with Crippen molar-refractivity contribution in [1.29, 1.82) is 0 Å². The van der Waals surface area contributed by atoms with Gasteiger partial charge >= 0.3 is 0 Å². The van der Waals surface area contributed by atoms with Gasteiger partial charge < -0.3 is 5.32 Å². The molecule has 2 aromatic rings. The molecule has 2 aromatic carbocycles. The van der Waals surface area contributed by atoms with Gasteiger partial charge in [0.25, 0.3) is 5.91 Å². The molecule has 7 nitrogen and oxygen atoms in total. The zero-order valence-corrected chi connectivity index (χ0v) is 18.9. The SMILES string of the molecule is CC(C)(C)c1cc(C(C)(C)C)c(N(N)C(=O)C2CNc3ccccc3C2=O)cc1N=O. The second-order valence-electron chi connectivity index (χ2n) is 10.0. The molecule has 0 aliphatic carbocycles. The molecule has 0 aromatic heterocycles. The van der Waals surface area contributed by atoms with Crippen molar-refractivity contribution in [2.75, 3.05) is 16.9 Å². The van der Waals surface area contributed by atoms with Crippen LogP contribution in [0.5, 0.6) is 0 Å². The van der Waals surface area contributed by atoms with Crippen LogP contribution in [-0.4, -0.2) is 18.2 Å². The van der Waals surface area contributed by atoms with Crippen molar-refractivity contribution in [2.24, 2.45) is 16.9 Å². The first-order valence-corrected chi connectivity index (χ1v) is 10.3. The normalized spacial score (nSPS) is 16.4. The molecule has 0 radical (unpaired) electrons. The molecule has 3 N–H and O–H groups in total. The Kier molecular flexibility index (Phi) is 5.76. The van der Waals surface area contributed by atoms with Gasteiger partial charge in [0.1, 0.15) is 11.6 Å². The van der Waals surface area contributed by atoms with Gasteiger partial charge in [0, 0.05) is 17.8 Å². The van der Waals surface area contributed by atoms with E-state index in [9.17, 15) is 14.5 Å². The number of Topliss-reactive ketones (excluding diaryl/α,β-unsaturated/α-hetero) is 1. The molecule has 0 spiro atoms. The van der Waals surface area contributed by atoms with E-state index in [2.05, 4.69) is 10.5 Å². The first-order valence-electron chi connectivity index (χ1n) is 10.3. The Bertz CT molecular complexity index is 1050. The van der Waals surface area contributed by atoms with Crippen molar-refractivity contribution >= 4 is 28.8 Å². The van der Waals surface area contributed by atoms with Gasteiger partial charge in [0.05, 0.1) is 5.69 Å². The lowest BCUT2D eigenvalue weighted by molar-refractivity contribution is -0.120. The molecule has 31 heavy (non-hydrogen) atoms. The summed E-state index contributed by atoms with van der Waals surface area (Å²) in [6.45, 7) is 12.2. The lowest BCUT2D eigenvalue weighted by Crippen LogP contribution is -2.48. The van der Waals surface area contributed by atoms with Gasteiger partial charge in [-0.15, -0.1) is 4.91 Å². The minimum Gasteiger partial charge on any atom is -0.383 e. The molecule has 1 atom stereocenters. The lowest BCUT2D eigenvalue weighted by atomic mass is 9.78. The molecule has 0 saturated heterocycles. The highest BCUT2D eigenvalue weighted by Gasteiger charge is 2.37. The summed E-state index contributed by atoms with van der Waals surface area (Å²) in [5.74, 6) is 4.54. The maximum atomic E-state index is 13.3. The average Bonchev–Trinajstić information content (AvgIpc) is 2.70. The lowest BCUT2D eigenvalue weighted by Gasteiger charge is -2.33. The number of nitrogens with two attached hydrogens (primary N) is 1. The molecule has 164 valence electrons. The van der Waals surface area contributed by atoms with E-state index in [4.69, 9.17) is 5.84 Å². The second-order valence-corrected chi connectivity index (χ2v) is 10.0. The van der Waals surface area contributed by atoms with Gasteiger partial charge in [-0.2, -0.15) is 0 Å². The molecule has 1 unspecified atom stereocenters. The number of ketones is 1. The molecule has 0 fully saturated rings. The number of amides is 1. The van der Waals surface area contributed by atoms with E-state index in [-0.39, 0.29) is 28.8 Å². The molecule has 7 heteroatoms. The summed E-state index contributed by atoms with van der Waals surface area (Å²) >= 11 is 0. The number of nitroso groups, excluding NO2 is 1. The number of hydrazine groups is 1. The number of carbonyl (C=O) groups is 2. The number of benzene rings is 2. The highest BCUT2D eigenvalue weighted by molar-refractivity contribution is 6.17. The van der Waals surface area contributed by atoms with Gasteiger partial charge in [-0.1, -0.05) is 59.7 Å². The van der Waals surface area contributed by atoms with Crippen molar-refractivity contribution < 1.29 is 9.59 Å². The van der Waals surface area contributed by atoms with Crippen molar-refractivity contribution in [3.63, 3.8) is 0 Å². The smallest absolute Gasteiger partial charge is 0.253 e. The topological polar surface area (TPSA) is 105 Å². The third-order valence-electron chi connectivity index (χ3n) is 5.63. The number of rotatable bonds is 3. The van der Waals surface area contributed by atoms with Crippen LogP contribution >= 0.6 is 0 Å². The fraction of sp³-hybridized carbons (Fsp3) is 0.417. The van der Waals surface area contributed by atoms with Gasteiger partial charge in [-0.25, -0.2) is 10.9 Å². The van der Waals surface area contributed by atoms with E-state index in [0.29, 0.717) is 16.9 Å². The molecule has 1 heterocycles. The van der Waals surface area contributed by atoms with Crippen LogP contribution in [0.1, 0.15) is 63.0 Å². The highest BCUT2D eigenvalue weighted by atomic mass is 16.3. The number of para-hydroxylation sites is 1. The predicted molar refractivity (Wildman–Crippen MR) is 124 cm³/mol. The monoisotopic (exact) mass is 422 g/mol. The Balaban J connectivity index is 2.06. The molecule has 1 amide bonds. The number of fused-ring (bicyclic) bond motifs is 1. The number of nitrogens with zero attached hydrogens (tertiary/aromatic N) is 2. The van der Waals surface area contributed by atoms with Crippen LogP contribution < -0.4 is 16.2 Å². The van der Waals surface area contributed by atoms with E-state index in [1.807, 2.05) is 53.7 Å². The molecule has 0 saturated carbocycles. The fourth-order valence-corrected chi connectivity index (χ4v) is 3.88. The summed E-state index contributed by atoms with van der Waals surface area (Å²) < 4.78 is 0. The van der Waals surface area contributed by atoms with Crippen LogP contribution in [0, 0.1) is 10.8 Å². The van der Waals surface area contributed by atoms with Crippen LogP contribution in [0.15, 0.2) is 41.6 Å². The molecular formula is C24H30N4O3. The van der Waals surface area contributed by atoms with Gasteiger partial charge in [0.2, 0.25) is 0 Å². The maximum Gasteiger partial charge on any atom is 0.253 e. The quantitative estimate of drug-likeness (QED) is 0.243. The van der Waals surface area contributed by atoms with Gasteiger partial charge in [-0.05, 0) is 45.3 Å². The van der Waals surface area contributed by atoms with Crippen LogP contribution in [0.4, 0.5) is 17.1 Å². The van der Waals surface area contributed by atoms with Crippen LogP contribution in [0.2, 0.25) is 0 Å². The summed E-state index contributed by atoms with van der Waals surface area (Å²) in [6.07, 6.45) is 0. The van der Waals surface area contributed by atoms with Gasteiger partial charge in [0.15, 0.2) is 5.78 Å². The first-order chi connectivity index (χ1) is 14.4. The van der Waals surface area contributed by atoms with E-state index in [1.165, 1.54) is 0 Å². The highest BCUT2D eigenvalue weighted by Crippen LogP contribution is 2.41. The number of hydrogen-bond acceptors (Lipinski definition) is 6. The van der Waals surface area contributed by atoms with E-state index >= 15 is 0 Å². The van der Waals surface area contributed by atoms with Crippen molar-refractivity contribution in [3.8, 4) is 0 Å². The Labute approximate surface area is 182 Å². The third-order valence-corrected chi connectivity index (χ3v) is 5.63. The summed E-state index contributed by atoms with van der Waals surface area (Å²) in [6, 6.07) is 10.5. The zero-order valence-electron chi connectivity index (χ0n) is 18.9. The van der Waals surface area contributed by atoms with Crippen molar-refractivity contribution in [2.45, 2.75) is 52.4 Å². The Hall–Kier alpha value is -3.06. The number of hydrogen-bond donors (Lipinski definition) is 2. The van der Waals surface area contributed by atoms with Crippen molar-refractivity contribution in [1.82, 2.24) is 0 Å². The Morgan fingerprint density at radius 1 is 1.06 bits per heavy atom. The summed E-state index contributed by atoms with van der Waals surface area (Å²) in [5, 5.41) is 7.33. The molecule has 0 bridgehead atoms. The fourth-order valence-electron chi connectivity index (χ4n) is 3.88. The Morgan fingerprint density at radius 2 is 1.68 bits per heavy atom. The minimum atomic E-state index is -0.956. The summed E-state index contributed by atoms with van der Waals surface area (Å²) in [4.78, 5) is 37.9.